The van der Waals surface area contributed by atoms with Gasteiger partial charge in [0.05, 0.1) is 23.3 Å². The Bertz CT molecular complexity index is 1700. The van der Waals surface area contributed by atoms with E-state index in [0.29, 0.717) is 48.1 Å². The first-order chi connectivity index (χ1) is 21.4. The van der Waals surface area contributed by atoms with Gasteiger partial charge in [0.15, 0.2) is 0 Å². The number of halogens is 2. The van der Waals surface area contributed by atoms with Crippen LogP contribution in [0.1, 0.15) is 40.7 Å². The van der Waals surface area contributed by atoms with E-state index in [4.69, 9.17) is 27.9 Å². The molecule has 6 rings (SSSR count). The topological polar surface area (TPSA) is 101 Å². The lowest BCUT2D eigenvalue weighted by Crippen LogP contribution is -2.44. The number of carbonyl (C=O) groups is 2. The molecule has 1 N–H and O–H groups in total. The highest BCUT2D eigenvalue weighted by molar-refractivity contribution is 6.33. The summed E-state index contributed by atoms with van der Waals surface area (Å²) in [5.41, 5.74) is 4.18. The number of rotatable bonds is 8. The van der Waals surface area contributed by atoms with Crippen LogP contribution in [0.4, 0.5) is 5.69 Å². The summed E-state index contributed by atoms with van der Waals surface area (Å²) in [5.74, 6) is -0.815. The van der Waals surface area contributed by atoms with Crippen molar-refractivity contribution in [3.8, 4) is 0 Å². The van der Waals surface area contributed by atoms with Crippen LogP contribution in [0.2, 0.25) is 10.0 Å². The predicted octanol–water partition coefficient (Wildman–Crippen LogP) is 5.45. The number of amides is 2. The minimum atomic E-state index is -0.915. The number of benzene rings is 3. The molecule has 0 saturated carbocycles. The van der Waals surface area contributed by atoms with Gasteiger partial charge in [-0.15, -0.1) is 0 Å². The number of hydrogen-bond donors (Lipinski definition) is 1. The quantitative estimate of drug-likeness (QED) is 0.206. The molecule has 8 nitrogen and oxygen atoms in total. The van der Waals surface area contributed by atoms with Gasteiger partial charge in [0, 0.05) is 53.9 Å². The lowest BCUT2D eigenvalue weighted by molar-refractivity contribution is -0.225. The lowest BCUT2D eigenvalue weighted by Gasteiger charge is -2.33. The number of ether oxygens (including phenoxy) is 1. The Morgan fingerprint density at radius 2 is 1.80 bits per heavy atom. The molecule has 0 spiro atoms. The van der Waals surface area contributed by atoms with E-state index in [1.54, 1.807) is 40.1 Å². The summed E-state index contributed by atoms with van der Waals surface area (Å²) < 4.78 is 5.95. The highest BCUT2D eigenvalue weighted by Crippen LogP contribution is 2.31. The Morgan fingerprint density at radius 1 is 1.02 bits per heavy atom. The van der Waals surface area contributed by atoms with Crippen molar-refractivity contribution in [3.63, 3.8) is 0 Å². The van der Waals surface area contributed by atoms with E-state index in [9.17, 15) is 14.7 Å². The first-order valence-electron chi connectivity index (χ1n) is 14.9. The fourth-order valence-electron chi connectivity index (χ4n) is 6.10. The highest BCUT2D eigenvalue weighted by Gasteiger charge is 2.30. The largest absolute Gasteiger partial charge is 0.860 e. The number of para-hydroxylation sites is 1. The van der Waals surface area contributed by atoms with Gasteiger partial charge in [0.25, 0.3) is 11.8 Å². The zero-order valence-electron chi connectivity index (χ0n) is 24.2. The van der Waals surface area contributed by atoms with E-state index >= 15 is 0 Å². The molecule has 3 aromatic carbocycles. The van der Waals surface area contributed by atoms with Crippen molar-refractivity contribution >= 4 is 57.5 Å². The summed E-state index contributed by atoms with van der Waals surface area (Å²) in [6.45, 7) is 1.32. The van der Waals surface area contributed by atoms with E-state index in [1.165, 1.54) is 0 Å². The van der Waals surface area contributed by atoms with Crippen molar-refractivity contribution in [2.24, 2.45) is 4.99 Å². The molecule has 4 aromatic rings. The van der Waals surface area contributed by atoms with E-state index < -0.39 is 11.9 Å². The molecule has 2 aliphatic heterocycles. The van der Waals surface area contributed by atoms with Crippen molar-refractivity contribution in [1.29, 1.82) is 0 Å². The van der Waals surface area contributed by atoms with E-state index in [-0.39, 0.29) is 30.9 Å². The van der Waals surface area contributed by atoms with Crippen LogP contribution in [0.5, 0.6) is 0 Å². The number of carbonyl (C=O) groups excluding carboxylic acids is 2. The summed E-state index contributed by atoms with van der Waals surface area (Å²) in [5, 5.41) is 15.2. The molecule has 44 heavy (non-hydrogen) atoms. The number of aryl methyl sites for hydroxylation is 1. The van der Waals surface area contributed by atoms with Gasteiger partial charge in [0.1, 0.15) is 6.04 Å². The SMILES string of the molecule is O=C(c1ccccc1Cl)N1CCC(OCC([O-])=NC(Cc2c[nH]c3ccccc23)C(=O)N2CCCc3cc(Cl)ccc32)CC1. The van der Waals surface area contributed by atoms with Gasteiger partial charge in [-0.2, -0.15) is 0 Å². The Kier molecular flexibility index (Phi) is 9.21. The molecule has 1 fully saturated rings. The standard InChI is InChI=1S/C34H34Cl2N4O4/c35-24-11-12-31-22(18-24)6-5-15-40(31)34(43)30(19-23-20-37-29-10-4-2-7-26(23)29)38-32(41)21-44-25-13-16-39(17-14-25)33(42)27-8-1-3-9-28(27)36/h1-4,7-12,18,20,25,30,37H,5-6,13-17,19,21H2,(H,38,41)/p-1. The number of H-pyrrole nitrogens is 1. The molecule has 0 bridgehead atoms. The van der Waals surface area contributed by atoms with Crippen LogP contribution in [0.25, 0.3) is 10.9 Å². The average Bonchev–Trinajstić information content (AvgIpc) is 3.45. The predicted molar refractivity (Wildman–Crippen MR) is 172 cm³/mol. The number of aromatic amines is 1. The molecular weight excluding hydrogens is 599 g/mol. The number of hydrogen-bond acceptors (Lipinski definition) is 5. The van der Waals surface area contributed by atoms with Crippen LogP contribution in [0.3, 0.4) is 0 Å². The molecule has 228 valence electrons. The fraction of sp³-hybridized carbons (Fsp3) is 0.324. The number of aromatic nitrogens is 1. The molecule has 2 amide bonds. The minimum Gasteiger partial charge on any atom is -0.860 e. The smallest absolute Gasteiger partial charge is 0.255 e. The zero-order valence-corrected chi connectivity index (χ0v) is 25.7. The third-order valence-electron chi connectivity index (χ3n) is 8.38. The normalized spacial score (nSPS) is 16.6. The van der Waals surface area contributed by atoms with Gasteiger partial charge >= 0.3 is 0 Å². The van der Waals surface area contributed by atoms with Crippen LogP contribution < -0.4 is 10.0 Å². The number of likely N-dealkylation sites (tertiary alicyclic amines) is 1. The van der Waals surface area contributed by atoms with Gasteiger partial charge in [0.2, 0.25) is 0 Å². The van der Waals surface area contributed by atoms with Crippen LogP contribution in [-0.2, 0) is 22.4 Å². The Balaban J connectivity index is 1.15. The second kappa shape index (κ2) is 13.4. The molecule has 0 aliphatic carbocycles. The monoisotopic (exact) mass is 631 g/mol. The Hall–Kier alpha value is -3.85. The average molecular weight is 633 g/mol. The van der Waals surface area contributed by atoms with Gasteiger partial charge in [-0.1, -0.05) is 53.5 Å². The molecule has 10 heteroatoms. The second-order valence-electron chi connectivity index (χ2n) is 11.3. The second-order valence-corrected chi connectivity index (χ2v) is 12.1. The third kappa shape index (κ3) is 6.62. The first-order valence-corrected chi connectivity index (χ1v) is 15.7. The minimum absolute atomic E-state index is 0.111. The molecule has 1 atom stereocenters. The van der Waals surface area contributed by atoms with Crippen molar-refractivity contribution in [3.05, 3.63) is 99.7 Å². The summed E-state index contributed by atoms with van der Waals surface area (Å²) >= 11 is 12.4. The maximum Gasteiger partial charge on any atom is 0.255 e. The third-order valence-corrected chi connectivity index (χ3v) is 8.94. The number of nitrogens with zero attached hydrogens (tertiary/aromatic N) is 3. The van der Waals surface area contributed by atoms with Crippen molar-refractivity contribution < 1.29 is 19.4 Å². The maximum absolute atomic E-state index is 14.0. The zero-order chi connectivity index (χ0) is 30.6. The number of aliphatic imine (C=N–C) groups is 1. The van der Waals surface area contributed by atoms with E-state index in [2.05, 4.69) is 9.98 Å². The number of piperidine rings is 1. The maximum atomic E-state index is 14.0. The summed E-state index contributed by atoms with van der Waals surface area (Å²) in [7, 11) is 0. The Morgan fingerprint density at radius 3 is 2.61 bits per heavy atom. The van der Waals surface area contributed by atoms with E-state index in [0.717, 1.165) is 40.6 Å². The number of fused-ring (bicyclic) bond motifs is 2. The van der Waals surface area contributed by atoms with Crippen LogP contribution >= 0.6 is 23.2 Å². The summed E-state index contributed by atoms with van der Waals surface area (Å²) in [6.07, 6.45) is 4.78. The summed E-state index contributed by atoms with van der Waals surface area (Å²) in [4.78, 5) is 38.1. The van der Waals surface area contributed by atoms with Gasteiger partial charge < -0.3 is 24.6 Å². The van der Waals surface area contributed by atoms with Crippen molar-refractivity contribution in [2.45, 2.75) is 44.2 Å². The molecule has 0 radical (unpaired) electrons. The van der Waals surface area contributed by atoms with Crippen LogP contribution in [-0.4, -0.2) is 66.0 Å². The van der Waals surface area contributed by atoms with Gasteiger partial charge in [-0.05, 0) is 79.1 Å². The molecule has 1 aromatic heterocycles. The highest BCUT2D eigenvalue weighted by atomic mass is 35.5. The number of anilines is 1. The molecule has 3 heterocycles. The van der Waals surface area contributed by atoms with Gasteiger partial charge in [-0.3, -0.25) is 14.6 Å². The first kappa shape index (κ1) is 30.2. The van der Waals surface area contributed by atoms with Crippen LogP contribution in [0.15, 0.2) is 77.9 Å². The number of nitrogens with one attached hydrogen (secondary N) is 1. The van der Waals surface area contributed by atoms with Crippen LogP contribution in [0, 0.1) is 0 Å². The van der Waals surface area contributed by atoms with E-state index in [1.807, 2.05) is 42.6 Å². The van der Waals surface area contributed by atoms with Crippen molar-refractivity contribution in [2.75, 3.05) is 31.1 Å². The summed E-state index contributed by atoms with van der Waals surface area (Å²) in [6, 6.07) is 19.5. The Labute approximate surface area is 266 Å². The van der Waals surface area contributed by atoms with Gasteiger partial charge in [-0.25, -0.2) is 0 Å². The fourth-order valence-corrected chi connectivity index (χ4v) is 6.51. The molecule has 1 unspecified atom stereocenters. The molecule has 1 saturated heterocycles. The molecule has 2 aliphatic rings. The molecular formula is C34H33Cl2N4O4-. The van der Waals surface area contributed by atoms with Crippen molar-refractivity contribution in [1.82, 2.24) is 9.88 Å². The lowest BCUT2D eigenvalue weighted by atomic mass is 9.99.